The Morgan fingerprint density at radius 1 is 1.32 bits per heavy atom. The molecule has 0 bridgehead atoms. The maximum absolute atomic E-state index is 12.3. The first-order chi connectivity index (χ1) is 9.10. The fourth-order valence-corrected chi connectivity index (χ4v) is 2.50. The van der Waals surface area contributed by atoms with Crippen molar-refractivity contribution in [3.63, 3.8) is 0 Å². The van der Waals surface area contributed by atoms with E-state index < -0.39 is 0 Å². The normalized spacial score (nSPS) is 16.2. The van der Waals surface area contributed by atoms with Crippen molar-refractivity contribution in [2.75, 3.05) is 20.1 Å². The fraction of sp³-hybridized carbons (Fsp3) is 0.562. The molecule has 1 aliphatic rings. The van der Waals surface area contributed by atoms with Crippen molar-refractivity contribution in [2.24, 2.45) is 11.1 Å². The number of nitrogens with two attached hydrogens (primary N) is 1. The van der Waals surface area contributed by atoms with Gasteiger partial charge in [0.25, 0.3) is 5.91 Å². The summed E-state index contributed by atoms with van der Waals surface area (Å²) in [6.07, 6.45) is 4.50. The lowest BCUT2D eigenvalue weighted by Crippen LogP contribution is -2.35. The van der Waals surface area contributed by atoms with Gasteiger partial charge in [-0.2, -0.15) is 0 Å². The van der Waals surface area contributed by atoms with Gasteiger partial charge in [-0.15, -0.1) is 0 Å². The Morgan fingerprint density at radius 3 is 2.42 bits per heavy atom. The standard InChI is InChI=1S/C16H24N2O/c1-3-4-13-5-7-14(8-6-13)15(19)18(2)12-16(11-17)9-10-16/h5-8H,3-4,9-12,17H2,1-2H3. The van der Waals surface area contributed by atoms with Gasteiger partial charge in [-0.05, 0) is 43.5 Å². The molecule has 2 rings (SSSR count). The largest absolute Gasteiger partial charge is 0.341 e. The molecule has 0 saturated heterocycles. The van der Waals surface area contributed by atoms with Gasteiger partial charge < -0.3 is 10.6 Å². The molecule has 1 saturated carbocycles. The predicted octanol–water partition coefficient (Wildman–Crippen LogP) is 2.45. The van der Waals surface area contributed by atoms with Crippen molar-refractivity contribution < 1.29 is 4.79 Å². The molecular weight excluding hydrogens is 236 g/mol. The summed E-state index contributed by atoms with van der Waals surface area (Å²) >= 11 is 0. The third-order valence-electron chi connectivity index (χ3n) is 4.05. The van der Waals surface area contributed by atoms with Crippen LogP contribution in [0.4, 0.5) is 0 Å². The summed E-state index contributed by atoms with van der Waals surface area (Å²) in [6.45, 7) is 3.62. The molecule has 19 heavy (non-hydrogen) atoms. The number of benzene rings is 1. The number of nitrogens with zero attached hydrogens (tertiary/aromatic N) is 1. The average Bonchev–Trinajstić information content (AvgIpc) is 3.19. The first kappa shape index (κ1) is 14.1. The van der Waals surface area contributed by atoms with Gasteiger partial charge in [0.1, 0.15) is 0 Å². The second kappa shape index (κ2) is 5.74. The summed E-state index contributed by atoms with van der Waals surface area (Å²) in [7, 11) is 1.87. The number of carbonyl (C=O) groups is 1. The van der Waals surface area contributed by atoms with E-state index in [1.54, 1.807) is 0 Å². The Balaban J connectivity index is 1.98. The lowest BCUT2D eigenvalue weighted by Gasteiger charge is -2.23. The molecule has 1 fully saturated rings. The van der Waals surface area contributed by atoms with E-state index in [0.717, 1.165) is 37.8 Å². The van der Waals surface area contributed by atoms with E-state index in [4.69, 9.17) is 5.73 Å². The minimum absolute atomic E-state index is 0.0998. The van der Waals surface area contributed by atoms with E-state index in [-0.39, 0.29) is 11.3 Å². The number of rotatable bonds is 6. The quantitative estimate of drug-likeness (QED) is 0.854. The van der Waals surface area contributed by atoms with Crippen molar-refractivity contribution in [1.82, 2.24) is 4.90 Å². The van der Waals surface area contributed by atoms with E-state index in [1.807, 2.05) is 24.1 Å². The van der Waals surface area contributed by atoms with Gasteiger partial charge >= 0.3 is 0 Å². The molecule has 1 aliphatic carbocycles. The monoisotopic (exact) mass is 260 g/mol. The topological polar surface area (TPSA) is 46.3 Å². The molecule has 1 aromatic carbocycles. The summed E-state index contributed by atoms with van der Waals surface area (Å²) in [5, 5.41) is 0. The Kier molecular flexibility index (Phi) is 4.25. The number of carbonyl (C=O) groups excluding carboxylic acids is 1. The summed E-state index contributed by atoms with van der Waals surface area (Å²) in [4.78, 5) is 14.1. The smallest absolute Gasteiger partial charge is 0.253 e. The van der Waals surface area contributed by atoms with Crippen molar-refractivity contribution in [3.8, 4) is 0 Å². The highest BCUT2D eigenvalue weighted by atomic mass is 16.2. The number of amides is 1. The zero-order valence-corrected chi connectivity index (χ0v) is 12.0. The van der Waals surface area contributed by atoms with Crippen molar-refractivity contribution >= 4 is 5.91 Å². The maximum atomic E-state index is 12.3. The molecule has 0 spiro atoms. The lowest BCUT2D eigenvalue weighted by molar-refractivity contribution is 0.0766. The molecule has 3 heteroatoms. The van der Waals surface area contributed by atoms with Crippen LogP contribution in [-0.4, -0.2) is 30.9 Å². The molecule has 0 radical (unpaired) electrons. The van der Waals surface area contributed by atoms with Crippen LogP contribution in [0.2, 0.25) is 0 Å². The first-order valence-corrected chi connectivity index (χ1v) is 7.15. The van der Waals surface area contributed by atoms with Crippen LogP contribution < -0.4 is 5.73 Å². The molecule has 0 aromatic heterocycles. The number of hydrogen-bond acceptors (Lipinski definition) is 2. The molecule has 0 atom stereocenters. The van der Waals surface area contributed by atoms with Gasteiger partial charge in [0.05, 0.1) is 0 Å². The molecule has 104 valence electrons. The van der Waals surface area contributed by atoms with Crippen LogP contribution in [0.1, 0.15) is 42.1 Å². The van der Waals surface area contributed by atoms with Crippen LogP contribution in [0.5, 0.6) is 0 Å². The SMILES string of the molecule is CCCc1ccc(C(=O)N(C)CC2(CN)CC2)cc1. The van der Waals surface area contributed by atoms with Crippen molar-refractivity contribution in [3.05, 3.63) is 35.4 Å². The van der Waals surface area contributed by atoms with Gasteiger partial charge in [0.15, 0.2) is 0 Å². The zero-order valence-electron chi connectivity index (χ0n) is 12.0. The van der Waals surface area contributed by atoms with Gasteiger partial charge in [0.2, 0.25) is 0 Å². The molecule has 1 amide bonds. The van der Waals surface area contributed by atoms with Crippen LogP contribution >= 0.6 is 0 Å². The highest BCUT2D eigenvalue weighted by Gasteiger charge is 2.42. The Bertz CT molecular complexity index is 435. The highest BCUT2D eigenvalue weighted by molar-refractivity contribution is 5.94. The summed E-state index contributed by atoms with van der Waals surface area (Å²) in [6, 6.07) is 7.98. The van der Waals surface area contributed by atoms with Gasteiger partial charge in [-0.25, -0.2) is 0 Å². The summed E-state index contributed by atoms with van der Waals surface area (Å²) in [5.74, 6) is 0.0998. The van der Waals surface area contributed by atoms with E-state index in [2.05, 4.69) is 19.1 Å². The molecular formula is C16H24N2O. The summed E-state index contributed by atoms with van der Waals surface area (Å²) in [5.41, 5.74) is 8.04. The number of aryl methyl sites for hydroxylation is 1. The Hall–Kier alpha value is -1.35. The van der Waals surface area contributed by atoms with Crippen molar-refractivity contribution in [2.45, 2.75) is 32.6 Å². The Labute approximate surface area is 115 Å². The highest BCUT2D eigenvalue weighted by Crippen LogP contribution is 2.45. The minimum atomic E-state index is 0.0998. The molecule has 0 aliphatic heterocycles. The van der Waals surface area contributed by atoms with E-state index in [0.29, 0.717) is 6.54 Å². The second-order valence-electron chi connectivity index (χ2n) is 5.81. The first-order valence-electron chi connectivity index (χ1n) is 7.15. The predicted molar refractivity (Wildman–Crippen MR) is 78.1 cm³/mol. The minimum Gasteiger partial charge on any atom is -0.341 e. The lowest BCUT2D eigenvalue weighted by atomic mass is 10.1. The molecule has 0 unspecified atom stereocenters. The van der Waals surface area contributed by atoms with Crippen LogP contribution in [0.25, 0.3) is 0 Å². The van der Waals surface area contributed by atoms with E-state index in [1.165, 1.54) is 5.56 Å². The van der Waals surface area contributed by atoms with Crippen LogP contribution in [0.15, 0.2) is 24.3 Å². The molecule has 1 aromatic rings. The zero-order chi connectivity index (χ0) is 13.9. The molecule has 3 nitrogen and oxygen atoms in total. The third-order valence-corrected chi connectivity index (χ3v) is 4.05. The van der Waals surface area contributed by atoms with E-state index >= 15 is 0 Å². The van der Waals surface area contributed by atoms with Crippen LogP contribution in [0, 0.1) is 5.41 Å². The van der Waals surface area contributed by atoms with E-state index in [9.17, 15) is 4.79 Å². The van der Waals surface area contributed by atoms with Gasteiger partial charge in [-0.3, -0.25) is 4.79 Å². The fourth-order valence-electron chi connectivity index (χ4n) is 2.50. The molecule has 2 N–H and O–H groups in total. The molecule has 0 heterocycles. The Morgan fingerprint density at radius 2 is 1.95 bits per heavy atom. The van der Waals surface area contributed by atoms with Gasteiger partial charge in [-0.1, -0.05) is 25.5 Å². The second-order valence-corrected chi connectivity index (χ2v) is 5.81. The maximum Gasteiger partial charge on any atom is 0.253 e. The third kappa shape index (κ3) is 3.35. The van der Waals surface area contributed by atoms with Crippen LogP contribution in [0.3, 0.4) is 0 Å². The number of hydrogen-bond donors (Lipinski definition) is 1. The van der Waals surface area contributed by atoms with Crippen LogP contribution in [-0.2, 0) is 6.42 Å². The van der Waals surface area contributed by atoms with Crippen molar-refractivity contribution in [1.29, 1.82) is 0 Å². The van der Waals surface area contributed by atoms with Gasteiger partial charge in [0, 0.05) is 24.6 Å². The average molecular weight is 260 g/mol. The summed E-state index contributed by atoms with van der Waals surface area (Å²) < 4.78 is 0.